The summed E-state index contributed by atoms with van der Waals surface area (Å²) in [5.74, 6) is -2.50. The van der Waals surface area contributed by atoms with Gasteiger partial charge in [-0.1, -0.05) is 12.7 Å². The number of nitrogens with zero attached hydrogens (tertiary/aromatic N) is 1. The van der Waals surface area contributed by atoms with Crippen molar-refractivity contribution < 1.29 is 23.0 Å². The Labute approximate surface area is 139 Å². The van der Waals surface area contributed by atoms with Crippen molar-refractivity contribution in [2.45, 2.75) is 19.8 Å². The van der Waals surface area contributed by atoms with E-state index in [-0.39, 0.29) is 24.0 Å². The first-order chi connectivity index (χ1) is 11.4. The third-order valence-electron chi connectivity index (χ3n) is 4.76. The number of benzene rings is 1. The van der Waals surface area contributed by atoms with Gasteiger partial charge >= 0.3 is 0 Å². The van der Waals surface area contributed by atoms with Crippen LogP contribution in [0.1, 0.15) is 19.8 Å². The molecule has 24 heavy (non-hydrogen) atoms. The standard InChI is InChI=1S/C18H19F2NO3/c1-5-11-10(2)9-21(17(22)18(11)6-7-18)16-14(19)12(23-3)8-13(24-4)15(16)20/h5,8H,2,6-7,9H2,1,3-4H3/b11-5+. The zero-order valence-electron chi connectivity index (χ0n) is 13.9. The van der Waals surface area contributed by atoms with Gasteiger partial charge in [0.05, 0.1) is 26.2 Å². The molecular formula is C18H19F2NO3. The summed E-state index contributed by atoms with van der Waals surface area (Å²) in [4.78, 5) is 14.1. The minimum absolute atomic E-state index is 0.0322. The van der Waals surface area contributed by atoms with Gasteiger partial charge in [-0.25, -0.2) is 8.78 Å². The van der Waals surface area contributed by atoms with E-state index < -0.39 is 22.7 Å². The van der Waals surface area contributed by atoms with Crippen molar-refractivity contribution in [2.75, 3.05) is 25.7 Å². The summed E-state index contributed by atoms with van der Waals surface area (Å²) in [7, 11) is 2.55. The van der Waals surface area contributed by atoms with Gasteiger partial charge in [0.25, 0.3) is 0 Å². The molecule has 2 fully saturated rings. The van der Waals surface area contributed by atoms with Crippen molar-refractivity contribution in [3.63, 3.8) is 0 Å². The number of carbonyl (C=O) groups is 1. The molecule has 1 amide bonds. The molecule has 1 aromatic rings. The van der Waals surface area contributed by atoms with Crippen molar-refractivity contribution in [1.29, 1.82) is 0 Å². The van der Waals surface area contributed by atoms with Gasteiger partial charge in [-0.3, -0.25) is 4.79 Å². The zero-order valence-corrected chi connectivity index (χ0v) is 13.9. The van der Waals surface area contributed by atoms with Gasteiger partial charge in [0.2, 0.25) is 5.91 Å². The highest BCUT2D eigenvalue weighted by Crippen LogP contribution is 2.58. The van der Waals surface area contributed by atoms with Crippen molar-refractivity contribution in [3.8, 4) is 11.5 Å². The first-order valence-corrected chi connectivity index (χ1v) is 7.68. The van der Waals surface area contributed by atoms with Crippen LogP contribution in [0.3, 0.4) is 0 Å². The molecule has 0 unspecified atom stereocenters. The van der Waals surface area contributed by atoms with Gasteiger partial charge in [-0.2, -0.15) is 0 Å². The lowest BCUT2D eigenvalue weighted by molar-refractivity contribution is -0.122. The maximum Gasteiger partial charge on any atom is 0.238 e. The van der Waals surface area contributed by atoms with Gasteiger partial charge in [0.1, 0.15) is 5.69 Å². The molecule has 1 saturated heterocycles. The van der Waals surface area contributed by atoms with Crippen LogP contribution in [0.25, 0.3) is 0 Å². The molecule has 1 saturated carbocycles. The van der Waals surface area contributed by atoms with Crippen molar-refractivity contribution in [2.24, 2.45) is 5.41 Å². The van der Waals surface area contributed by atoms with Crippen LogP contribution in [0, 0.1) is 17.0 Å². The van der Waals surface area contributed by atoms with E-state index in [1.54, 1.807) is 0 Å². The molecule has 4 nitrogen and oxygen atoms in total. The first-order valence-electron chi connectivity index (χ1n) is 7.68. The molecule has 3 rings (SSSR count). The molecule has 1 aliphatic carbocycles. The van der Waals surface area contributed by atoms with E-state index in [4.69, 9.17) is 9.47 Å². The lowest BCUT2D eigenvalue weighted by Gasteiger charge is -2.36. The maximum absolute atomic E-state index is 14.7. The largest absolute Gasteiger partial charge is 0.493 e. The second-order valence-electron chi connectivity index (χ2n) is 6.04. The Bertz CT molecular complexity index is 738. The number of methoxy groups -OCH3 is 2. The van der Waals surface area contributed by atoms with Crippen LogP contribution in [-0.4, -0.2) is 26.7 Å². The van der Waals surface area contributed by atoms with Crippen LogP contribution in [-0.2, 0) is 4.79 Å². The van der Waals surface area contributed by atoms with Gasteiger partial charge in [0.15, 0.2) is 23.1 Å². The molecule has 0 atom stereocenters. The summed E-state index contributed by atoms with van der Waals surface area (Å²) in [6.07, 6.45) is 3.18. The Morgan fingerprint density at radius 2 is 1.75 bits per heavy atom. The van der Waals surface area contributed by atoms with Crippen LogP contribution < -0.4 is 14.4 Å². The average Bonchev–Trinajstić information content (AvgIpc) is 3.34. The SMILES string of the molecule is C=C1CN(c2c(F)c(OC)cc(OC)c2F)C(=O)C2(CC2)/C1=C/C. The van der Waals surface area contributed by atoms with Gasteiger partial charge in [-0.15, -0.1) is 0 Å². The highest BCUT2D eigenvalue weighted by atomic mass is 19.1. The topological polar surface area (TPSA) is 38.8 Å². The number of amides is 1. The van der Waals surface area contributed by atoms with E-state index in [1.807, 2.05) is 13.0 Å². The smallest absolute Gasteiger partial charge is 0.238 e. The number of halogens is 2. The third kappa shape index (κ3) is 2.12. The summed E-state index contributed by atoms with van der Waals surface area (Å²) in [6.45, 7) is 5.87. The van der Waals surface area contributed by atoms with Crippen molar-refractivity contribution >= 4 is 11.6 Å². The molecule has 0 N–H and O–H groups in total. The number of ether oxygens (including phenoxy) is 2. The molecule has 6 heteroatoms. The second-order valence-corrected chi connectivity index (χ2v) is 6.04. The molecule has 128 valence electrons. The van der Waals surface area contributed by atoms with Crippen molar-refractivity contribution in [1.82, 2.24) is 0 Å². The van der Waals surface area contributed by atoms with E-state index >= 15 is 0 Å². The van der Waals surface area contributed by atoms with E-state index in [1.165, 1.54) is 14.2 Å². The molecule has 1 aliphatic heterocycles. The van der Waals surface area contributed by atoms with E-state index in [0.29, 0.717) is 18.4 Å². The Morgan fingerprint density at radius 1 is 1.21 bits per heavy atom. The fraction of sp³-hybridized carbons (Fsp3) is 0.389. The fourth-order valence-electron chi connectivity index (χ4n) is 3.44. The Hall–Kier alpha value is -2.37. The minimum Gasteiger partial charge on any atom is -0.493 e. The zero-order chi connectivity index (χ0) is 17.6. The Kier molecular flexibility index (Phi) is 3.86. The monoisotopic (exact) mass is 335 g/mol. The van der Waals surface area contributed by atoms with Gasteiger partial charge in [0, 0.05) is 6.07 Å². The van der Waals surface area contributed by atoms with Crippen LogP contribution in [0.4, 0.5) is 14.5 Å². The summed E-state index contributed by atoms with van der Waals surface area (Å²) in [5, 5.41) is 0. The van der Waals surface area contributed by atoms with Gasteiger partial charge < -0.3 is 14.4 Å². The predicted molar refractivity (Wildman–Crippen MR) is 86.4 cm³/mol. The van der Waals surface area contributed by atoms with Crippen LogP contribution in [0.2, 0.25) is 0 Å². The number of allylic oxidation sites excluding steroid dienone is 1. The van der Waals surface area contributed by atoms with Gasteiger partial charge in [-0.05, 0) is 30.9 Å². The molecule has 0 aromatic heterocycles. The summed E-state index contributed by atoms with van der Waals surface area (Å²) < 4.78 is 39.4. The lowest BCUT2D eigenvalue weighted by Crippen LogP contribution is -2.45. The quantitative estimate of drug-likeness (QED) is 0.847. The summed E-state index contributed by atoms with van der Waals surface area (Å²) in [5.41, 5.74) is 0.424. The average molecular weight is 335 g/mol. The predicted octanol–water partition coefficient (Wildman–Crippen LogP) is 3.61. The normalized spacial score (nSPS) is 20.7. The van der Waals surface area contributed by atoms with E-state index in [9.17, 15) is 13.6 Å². The molecule has 1 aromatic carbocycles. The van der Waals surface area contributed by atoms with E-state index in [2.05, 4.69) is 6.58 Å². The highest BCUT2D eigenvalue weighted by molar-refractivity contribution is 6.05. The second kappa shape index (κ2) is 5.61. The molecule has 2 aliphatic rings. The lowest BCUT2D eigenvalue weighted by atomic mass is 9.84. The molecular weight excluding hydrogens is 316 g/mol. The first kappa shape index (κ1) is 16.5. The summed E-state index contributed by atoms with van der Waals surface area (Å²) >= 11 is 0. The number of piperidine rings is 1. The van der Waals surface area contributed by atoms with Crippen LogP contribution in [0.15, 0.2) is 29.9 Å². The Balaban J connectivity index is 2.16. The maximum atomic E-state index is 14.7. The van der Waals surface area contributed by atoms with Crippen molar-refractivity contribution in [3.05, 3.63) is 41.5 Å². The number of hydrogen-bond acceptors (Lipinski definition) is 3. The number of anilines is 1. The number of hydrogen-bond donors (Lipinski definition) is 0. The number of rotatable bonds is 3. The number of carbonyl (C=O) groups excluding carboxylic acids is 1. The molecule has 1 heterocycles. The highest BCUT2D eigenvalue weighted by Gasteiger charge is 2.58. The Morgan fingerprint density at radius 3 is 2.17 bits per heavy atom. The molecule has 0 radical (unpaired) electrons. The molecule has 1 spiro atoms. The fourth-order valence-corrected chi connectivity index (χ4v) is 3.44. The molecule has 0 bridgehead atoms. The minimum atomic E-state index is -0.920. The van der Waals surface area contributed by atoms with E-state index in [0.717, 1.165) is 16.5 Å². The van der Waals surface area contributed by atoms with Crippen LogP contribution in [0.5, 0.6) is 11.5 Å². The third-order valence-corrected chi connectivity index (χ3v) is 4.76. The summed E-state index contributed by atoms with van der Waals surface area (Å²) in [6, 6.07) is 1.13. The van der Waals surface area contributed by atoms with Crippen LogP contribution >= 0.6 is 0 Å².